The number of methoxy groups -OCH3 is 1. The Morgan fingerprint density at radius 2 is 2.24 bits per heavy atom. The van der Waals surface area contributed by atoms with Gasteiger partial charge in [-0.2, -0.15) is 0 Å². The van der Waals surface area contributed by atoms with E-state index in [2.05, 4.69) is 51.0 Å². The van der Waals surface area contributed by atoms with Crippen LogP contribution in [0.25, 0.3) is 0 Å². The predicted octanol–water partition coefficient (Wildman–Crippen LogP) is 3.20. The van der Waals surface area contributed by atoms with E-state index in [9.17, 15) is 0 Å². The number of rotatable bonds is 9. The average Bonchev–Trinajstić information content (AvgIpc) is 3.25. The largest absolute Gasteiger partial charge is 0.383 e. The fourth-order valence-corrected chi connectivity index (χ4v) is 2.74. The first-order chi connectivity index (χ1) is 10.1. The molecular weight excluding hydrogens is 330 g/mol. The fourth-order valence-electron chi connectivity index (χ4n) is 2.36. The number of hydrogen-bond donors (Lipinski definition) is 1. The van der Waals surface area contributed by atoms with E-state index in [1.807, 2.05) is 6.20 Å². The van der Waals surface area contributed by atoms with Crippen molar-refractivity contribution in [3.63, 3.8) is 0 Å². The maximum Gasteiger partial charge on any atom is 0.133 e. The minimum Gasteiger partial charge on any atom is -0.383 e. The Labute approximate surface area is 136 Å². The molecule has 0 aromatic carbocycles. The monoisotopic (exact) mass is 355 g/mol. The Balaban J connectivity index is 2.14. The summed E-state index contributed by atoms with van der Waals surface area (Å²) in [5.74, 6) is 1.67. The van der Waals surface area contributed by atoms with E-state index in [1.54, 1.807) is 7.11 Å². The summed E-state index contributed by atoms with van der Waals surface area (Å²) in [5.41, 5.74) is 1.26. The van der Waals surface area contributed by atoms with E-state index in [1.165, 1.54) is 18.4 Å². The van der Waals surface area contributed by atoms with Crippen LogP contribution < -0.4 is 10.2 Å². The number of pyridine rings is 1. The van der Waals surface area contributed by atoms with Gasteiger partial charge in [0.1, 0.15) is 5.82 Å². The van der Waals surface area contributed by atoms with E-state index in [-0.39, 0.29) is 0 Å². The summed E-state index contributed by atoms with van der Waals surface area (Å²) in [6.45, 7) is 7.95. The van der Waals surface area contributed by atoms with Gasteiger partial charge in [0.25, 0.3) is 0 Å². The minimum absolute atomic E-state index is 0.594. The number of hydrogen-bond acceptors (Lipinski definition) is 4. The van der Waals surface area contributed by atoms with Crippen molar-refractivity contribution in [3.8, 4) is 0 Å². The molecule has 1 saturated carbocycles. The maximum atomic E-state index is 5.25. The molecule has 5 heteroatoms. The highest BCUT2D eigenvalue weighted by atomic mass is 79.9. The predicted molar refractivity (Wildman–Crippen MR) is 90.7 cm³/mol. The van der Waals surface area contributed by atoms with Crippen LogP contribution >= 0.6 is 15.9 Å². The van der Waals surface area contributed by atoms with Crippen molar-refractivity contribution in [2.45, 2.75) is 39.3 Å². The Bertz CT molecular complexity index is 449. The molecule has 1 N–H and O–H groups in total. The van der Waals surface area contributed by atoms with E-state index in [0.29, 0.717) is 12.0 Å². The highest BCUT2D eigenvalue weighted by molar-refractivity contribution is 9.10. The summed E-state index contributed by atoms with van der Waals surface area (Å²) < 4.78 is 6.29. The Morgan fingerprint density at radius 1 is 1.48 bits per heavy atom. The van der Waals surface area contributed by atoms with Crippen LogP contribution in [0, 0.1) is 5.92 Å². The van der Waals surface area contributed by atoms with Gasteiger partial charge in [-0.3, -0.25) is 0 Å². The summed E-state index contributed by atoms with van der Waals surface area (Å²) in [6.07, 6.45) is 4.49. The molecule has 0 amide bonds. The Kier molecular flexibility index (Phi) is 6.45. The van der Waals surface area contributed by atoms with Gasteiger partial charge in [-0.1, -0.05) is 13.8 Å². The third-order valence-corrected chi connectivity index (χ3v) is 3.95. The van der Waals surface area contributed by atoms with E-state index >= 15 is 0 Å². The van der Waals surface area contributed by atoms with Crippen LogP contribution in [-0.4, -0.2) is 37.8 Å². The molecule has 0 radical (unpaired) electrons. The second-order valence-corrected chi connectivity index (χ2v) is 7.04. The summed E-state index contributed by atoms with van der Waals surface area (Å²) in [7, 11) is 1.75. The lowest BCUT2D eigenvalue weighted by Gasteiger charge is -2.27. The van der Waals surface area contributed by atoms with Gasteiger partial charge in [-0.15, -0.1) is 0 Å². The molecule has 0 atom stereocenters. The molecule has 0 spiro atoms. The van der Waals surface area contributed by atoms with Gasteiger partial charge in [0.2, 0.25) is 0 Å². The molecule has 0 bridgehead atoms. The number of anilines is 1. The molecule has 1 aliphatic rings. The van der Waals surface area contributed by atoms with Crippen molar-refractivity contribution < 1.29 is 4.74 Å². The standard InChI is InChI=1S/C16H26BrN3O/c1-12(2)11-20(6-7-21-3)16-13(8-14(17)10-19-16)9-18-15-4-5-15/h8,10,12,15,18H,4-7,9,11H2,1-3H3. The van der Waals surface area contributed by atoms with Crippen LogP contribution in [0.1, 0.15) is 32.3 Å². The number of aromatic nitrogens is 1. The molecule has 2 rings (SSSR count). The lowest BCUT2D eigenvalue weighted by Crippen LogP contribution is -2.33. The van der Waals surface area contributed by atoms with Crippen LogP contribution in [0.2, 0.25) is 0 Å². The normalized spacial score (nSPS) is 14.7. The second-order valence-electron chi connectivity index (χ2n) is 6.12. The summed E-state index contributed by atoms with van der Waals surface area (Å²) in [4.78, 5) is 7.00. The molecule has 0 aliphatic heterocycles. The van der Waals surface area contributed by atoms with Gasteiger partial charge in [-0.25, -0.2) is 4.98 Å². The molecule has 118 valence electrons. The quantitative estimate of drug-likeness (QED) is 0.737. The zero-order chi connectivity index (χ0) is 15.2. The molecule has 1 aromatic heterocycles. The zero-order valence-electron chi connectivity index (χ0n) is 13.2. The first-order valence-corrected chi connectivity index (χ1v) is 8.51. The molecule has 4 nitrogen and oxygen atoms in total. The summed E-state index contributed by atoms with van der Waals surface area (Å²) >= 11 is 3.54. The van der Waals surface area contributed by atoms with Crippen LogP contribution in [0.4, 0.5) is 5.82 Å². The third-order valence-electron chi connectivity index (χ3n) is 3.52. The van der Waals surface area contributed by atoms with Crippen molar-refractivity contribution in [2.75, 3.05) is 31.7 Å². The zero-order valence-corrected chi connectivity index (χ0v) is 14.8. The molecule has 1 aromatic rings. The molecule has 1 heterocycles. The first kappa shape index (κ1) is 16.7. The van der Waals surface area contributed by atoms with Crippen LogP contribution in [0.3, 0.4) is 0 Å². The number of ether oxygens (including phenoxy) is 1. The average molecular weight is 356 g/mol. The molecule has 0 unspecified atom stereocenters. The van der Waals surface area contributed by atoms with Crippen LogP contribution in [0.15, 0.2) is 16.7 Å². The van der Waals surface area contributed by atoms with Gasteiger partial charge in [0.05, 0.1) is 6.61 Å². The van der Waals surface area contributed by atoms with Crippen molar-refractivity contribution in [3.05, 3.63) is 22.3 Å². The van der Waals surface area contributed by atoms with Crippen molar-refractivity contribution in [1.82, 2.24) is 10.3 Å². The van der Waals surface area contributed by atoms with Gasteiger partial charge in [-0.05, 0) is 40.8 Å². The second kappa shape index (κ2) is 8.11. The number of halogens is 1. The van der Waals surface area contributed by atoms with E-state index in [4.69, 9.17) is 4.74 Å². The molecule has 1 aliphatic carbocycles. The third kappa shape index (κ3) is 5.57. The number of nitrogens with one attached hydrogen (secondary N) is 1. The van der Waals surface area contributed by atoms with Crippen molar-refractivity contribution in [1.29, 1.82) is 0 Å². The minimum atomic E-state index is 0.594. The fraction of sp³-hybridized carbons (Fsp3) is 0.688. The smallest absolute Gasteiger partial charge is 0.133 e. The highest BCUT2D eigenvalue weighted by Crippen LogP contribution is 2.25. The molecule has 1 fully saturated rings. The van der Waals surface area contributed by atoms with Crippen LogP contribution in [0.5, 0.6) is 0 Å². The lowest BCUT2D eigenvalue weighted by molar-refractivity contribution is 0.204. The van der Waals surface area contributed by atoms with Crippen molar-refractivity contribution >= 4 is 21.7 Å². The van der Waals surface area contributed by atoms with Gasteiger partial charge in [0, 0.05) is 49.0 Å². The lowest BCUT2D eigenvalue weighted by atomic mass is 10.1. The summed E-state index contributed by atoms with van der Waals surface area (Å²) in [5, 5.41) is 3.59. The number of nitrogens with zero attached hydrogens (tertiary/aromatic N) is 2. The topological polar surface area (TPSA) is 37.4 Å². The van der Waals surface area contributed by atoms with Crippen LogP contribution in [-0.2, 0) is 11.3 Å². The highest BCUT2D eigenvalue weighted by Gasteiger charge is 2.22. The first-order valence-electron chi connectivity index (χ1n) is 7.72. The Hall–Kier alpha value is -0.650. The van der Waals surface area contributed by atoms with E-state index in [0.717, 1.165) is 36.5 Å². The van der Waals surface area contributed by atoms with E-state index < -0.39 is 0 Å². The molecule has 0 saturated heterocycles. The molecular formula is C16H26BrN3O. The van der Waals surface area contributed by atoms with Gasteiger partial charge < -0.3 is 15.0 Å². The molecule has 21 heavy (non-hydrogen) atoms. The SMILES string of the molecule is COCCN(CC(C)C)c1ncc(Br)cc1CNC1CC1. The van der Waals surface area contributed by atoms with Crippen molar-refractivity contribution in [2.24, 2.45) is 5.92 Å². The van der Waals surface area contributed by atoms with Gasteiger partial charge >= 0.3 is 0 Å². The summed E-state index contributed by atoms with van der Waals surface area (Å²) in [6, 6.07) is 2.88. The maximum absolute atomic E-state index is 5.25. The Morgan fingerprint density at radius 3 is 2.86 bits per heavy atom. The van der Waals surface area contributed by atoms with Gasteiger partial charge in [0.15, 0.2) is 0 Å².